The third kappa shape index (κ3) is 8.10. The number of nitrogens with zero attached hydrogens (tertiary/aromatic N) is 3. The van der Waals surface area contributed by atoms with E-state index in [0.29, 0.717) is 56.1 Å². The Labute approximate surface area is 264 Å². The Balaban J connectivity index is 1.26. The lowest BCUT2D eigenvalue weighted by atomic mass is 9.78. The summed E-state index contributed by atoms with van der Waals surface area (Å²) in [6, 6.07) is 5.95. The lowest BCUT2D eigenvalue weighted by Crippen LogP contribution is -2.48. The number of anilines is 1. The molecule has 244 valence electrons. The van der Waals surface area contributed by atoms with Crippen molar-refractivity contribution < 1.29 is 28.0 Å². The molecule has 2 atom stereocenters. The Hall–Kier alpha value is -3.76. The second kappa shape index (κ2) is 14.1. The van der Waals surface area contributed by atoms with Crippen LogP contribution in [0.4, 0.5) is 14.9 Å². The number of alkyl halides is 1. The van der Waals surface area contributed by atoms with Crippen LogP contribution >= 0.6 is 0 Å². The summed E-state index contributed by atoms with van der Waals surface area (Å²) in [7, 11) is 0. The van der Waals surface area contributed by atoms with Crippen LogP contribution in [0.2, 0.25) is 0 Å². The molecule has 45 heavy (non-hydrogen) atoms. The number of likely N-dealkylation sites (tertiary alicyclic amines) is 1. The van der Waals surface area contributed by atoms with Crippen molar-refractivity contribution in [3.8, 4) is 11.5 Å². The summed E-state index contributed by atoms with van der Waals surface area (Å²) < 4.78 is 24.6. The van der Waals surface area contributed by atoms with Gasteiger partial charge < -0.3 is 24.8 Å². The van der Waals surface area contributed by atoms with Gasteiger partial charge in [-0.25, -0.2) is 9.18 Å². The molecule has 2 N–H and O–H groups in total. The van der Waals surface area contributed by atoms with Gasteiger partial charge in [0, 0.05) is 23.7 Å². The maximum absolute atomic E-state index is 14.0. The summed E-state index contributed by atoms with van der Waals surface area (Å²) in [5, 5.41) is 9.59. The lowest BCUT2D eigenvalue weighted by Gasteiger charge is -2.35. The average molecular weight is 624 g/mol. The molecule has 11 heteroatoms. The fraction of sp³-hybridized carbons (Fsp3) is 0.618. The maximum atomic E-state index is 14.0. The molecule has 1 aromatic heterocycles. The molecule has 0 bridgehead atoms. The van der Waals surface area contributed by atoms with E-state index in [1.165, 1.54) is 12.0 Å². The number of carbonyl (C=O) groups excluding carboxylic acids is 3. The molecule has 2 aliphatic carbocycles. The highest BCUT2D eigenvalue weighted by atomic mass is 19.1. The zero-order chi connectivity index (χ0) is 32.1. The van der Waals surface area contributed by atoms with Gasteiger partial charge in [-0.2, -0.15) is 4.98 Å². The van der Waals surface area contributed by atoms with Crippen molar-refractivity contribution in [1.82, 2.24) is 20.4 Å². The number of halogens is 1. The highest BCUT2D eigenvalue weighted by Crippen LogP contribution is 2.38. The van der Waals surface area contributed by atoms with Gasteiger partial charge in [0.05, 0.1) is 6.04 Å². The van der Waals surface area contributed by atoms with Crippen LogP contribution in [0.3, 0.4) is 0 Å². The summed E-state index contributed by atoms with van der Waals surface area (Å²) in [5.41, 5.74) is 3.12. The first kappa shape index (κ1) is 32.6. The SMILES string of the molecule is Cc1noc(-c2ccc(NC(=O)[C@@H]3C(=C4CCCCC4)CCN3C(=O)C3CCC([C@@H](CF)NC(=O)OC(C)(C)C)CC3)cc2)n1. The van der Waals surface area contributed by atoms with Crippen LogP contribution in [0.5, 0.6) is 0 Å². The van der Waals surface area contributed by atoms with E-state index in [0.717, 1.165) is 36.8 Å². The summed E-state index contributed by atoms with van der Waals surface area (Å²) >= 11 is 0. The Bertz CT molecular complexity index is 1380. The standard InChI is InChI=1S/C34H46FN5O5/c1-21-36-31(45-39-21)24-14-16-26(17-15-24)37-30(41)29-27(22-8-6-5-7-9-22)18-19-40(29)32(42)25-12-10-23(11-13-25)28(20-35)38-33(43)44-34(2,3)4/h14-17,23,25,28-29H,5-13,18-20H2,1-4H3,(H,37,41)(H,38,43)/t23?,25?,28-,29+/m1/s1. The number of allylic oxidation sites excluding steroid dienone is 1. The number of hydrogen-bond acceptors (Lipinski definition) is 7. The van der Waals surface area contributed by atoms with Crippen molar-refractivity contribution in [2.24, 2.45) is 11.8 Å². The van der Waals surface area contributed by atoms with Crippen molar-refractivity contribution in [3.63, 3.8) is 0 Å². The van der Waals surface area contributed by atoms with Crippen LogP contribution in [0.1, 0.15) is 90.8 Å². The topological polar surface area (TPSA) is 127 Å². The first-order valence-corrected chi connectivity index (χ1v) is 16.3. The van der Waals surface area contributed by atoms with Crippen LogP contribution in [0.25, 0.3) is 11.5 Å². The number of nitrogens with one attached hydrogen (secondary N) is 2. The van der Waals surface area contributed by atoms with E-state index in [9.17, 15) is 18.8 Å². The van der Waals surface area contributed by atoms with Gasteiger partial charge in [0.25, 0.3) is 11.8 Å². The van der Waals surface area contributed by atoms with Crippen molar-refractivity contribution in [1.29, 1.82) is 0 Å². The Morgan fingerprint density at radius 3 is 2.33 bits per heavy atom. The van der Waals surface area contributed by atoms with Gasteiger partial charge in [0.1, 0.15) is 18.3 Å². The maximum Gasteiger partial charge on any atom is 0.407 e. The Morgan fingerprint density at radius 1 is 1.04 bits per heavy atom. The largest absolute Gasteiger partial charge is 0.444 e. The Kier molecular flexibility index (Phi) is 10.2. The zero-order valence-corrected chi connectivity index (χ0v) is 26.9. The number of aromatic nitrogens is 2. The highest BCUT2D eigenvalue weighted by molar-refractivity contribution is 6.00. The molecule has 1 aromatic carbocycles. The lowest BCUT2D eigenvalue weighted by molar-refractivity contribution is -0.140. The molecule has 0 spiro atoms. The molecule has 3 amide bonds. The summed E-state index contributed by atoms with van der Waals surface area (Å²) in [6.07, 6.45) is 7.83. The molecular weight excluding hydrogens is 577 g/mol. The van der Waals surface area contributed by atoms with E-state index in [1.807, 2.05) is 12.1 Å². The van der Waals surface area contributed by atoms with Gasteiger partial charge in [-0.1, -0.05) is 17.2 Å². The van der Waals surface area contributed by atoms with Gasteiger partial charge in [0.2, 0.25) is 5.91 Å². The third-order valence-electron chi connectivity index (χ3n) is 9.19. The molecule has 2 saturated carbocycles. The molecular formula is C34H46FN5O5. The number of amides is 3. The van der Waals surface area contributed by atoms with E-state index in [-0.39, 0.29) is 23.7 Å². The molecule has 3 fully saturated rings. The molecule has 2 aromatic rings. The molecule has 3 aliphatic rings. The number of hydrogen-bond donors (Lipinski definition) is 2. The number of benzene rings is 1. The van der Waals surface area contributed by atoms with Gasteiger partial charge in [-0.3, -0.25) is 9.59 Å². The van der Waals surface area contributed by atoms with Crippen molar-refractivity contribution in [2.75, 3.05) is 18.5 Å². The van der Waals surface area contributed by atoms with Gasteiger partial charge in [0.15, 0.2) is 5.82 Å². The van der Waals surface area contributed by atoms with Crippen molar-refractivity contribution >= 4 is 23.6 Å². The van der Waals surface area contributed by atoms with Gasteiger partial charge in [-0.05, 0) is 121 Å². The normalized spacial score (nSPS) is 23.0. The first-order valence-electron chi connectivity index (χ1n) is 16.3. The minimum absolute atomic E-state index is 0.0148. The van der Waals surface area contributed by atoms with Gasteiger partial charge in [-0.15, -0.1) is 0 Å². The molecule has 1 aliphatic heterocycles. The fourth-order valence-corrected chi connectivity index (χ4v) is 6.97. The summed E-state index contributed by atoms with van der Waals surface area (Å²) in [6.45, 7) is 6.88. The monoisotopic (exact) mass is 623 g/mol. The second-order valence-electron chi connectivity index (χ2n) is 13.6. The minimum atomic E-state index is -0.691. The molecule has 2 heterocycles. The summed E-state index contributed by atoms with van der Waals surface area (Å²) in [5.74, 6) is 0.414. The molecule has 0 radical (unpaired) electrons. The molecule has 5 rings (SSSR count). The van der Waals surface area contributed by atoms with Crippen LogP contribution < -0.4 is 10.6 Å². The van der Waals surface area contributed by atoms with Crippen molar-refractivity contribution in [3.05, 3.63) is 41.2 Å². The molecule has 10 nitrogen and oxygen atoms in total. The molecule has 1 saturated heterocycles. The number of carbonyl (C=O) groups is 3. The fourth-order valence-electron chi connectivity index (χ4n) is 6.97. The van der Waals surface area contributed by atoms with Crippen LogP contribution in [-0.4, -0.2) is 63.9 Å². The Morgan fingerprint density at radius 2 is 1.73 bits per heavy atom. The minimum Gasteiger partial charge on any atom is -0.444 e. The van der Waals surface area contributed by atoms with Crippen LogP contribution in [0.15, 0.2) is 39.9 Å². The van der Waals surface area contributed by atoms with Crippen LogP contribution in [0, 0.1) is 18.8 Å². The highest BCUT2D eigenvalue weighted by Gasteiger charge is 2.43. The zero-order valence-electron chi connectivity index (χ0n) is 26.9. The third-order valence-corrected chi connectivity index (χ3v) is 9.19. The van der Waals surface area contributed by atoms with Gasteiger partial charge >= 0.3 is 6.09 Å². The number of alkyl carbamates (subject to hydrolysis) is 1. The number of ether oxygens (including phenoxy) is 1. The first-order chi connectivity index (χ1) is 21.5. The predicted octanol–water partition coefficient (Wildman–Crippen LogP) is 6.51. The second-order valence-corrected chi connectivity index (χ2v) is 13.6. The van der Waals surface area contributed by atoms with E-state index < -0.39 is 30.5 Å². The van der Waals surface area contributed by atoms with Crippen molar-refractivity contribution in [2.45, 2.75) is 110 Å². The number of aryl methyl sites for hydroxylation is 1. The van der Waals surface area contributed by atoms with E-state index in [4.69, 9.17) is 9.26 Å². The predicted molar refractivity (Wildman–Crippen MR) is 168 cm³/mol. The van der Waals surface area contributed by atoms with E-state index in [1.54, 1.807) is 44.7 Å². The quantitative estimate of drug-likeness (QED) is 0.337. The molecule has 0 unspecified atom stereocenters. The van der Waals surface area contributed by atoms with Crippen LogP contribution in [-0.2, 0) is 14.3 Å². The smallest absolute Gasteiger partial charge is 0.407 e. The van der Waals surface area contributed by atoms with E-state index in [2.05, 4.69) is 20.8 Å². The number of rotatable bonds is 7. The van der Waals surface area contributed by atoms with E-state index >= 15 is 0 Å². The average Bonchev–Trinajstić information content (AvgIpc) is 3.66. The summed E-state index contributed by atoms with van der Waals surface area (Å²) in [4.78, 5) is 46.3.